The van der Waals surface area contributed by atoms with Gasteiger partial charge in [0.25, 0.3) is 0 Å². The van der Waals surface area contributed by atoms with Crippen LogP contribution in [-0.4, -0.2) is 31.2 Å². The van der Waals surface area contributed by atoms with Crippen LogP contribution in [0.15, 0.2) is 46.9 Å². The number of oxazole rings is 1. The highest BCUT2D eigenvalue weighted by atomic mass is 19.4. The van der Waals surface area contributed by atoms with E-state index < -0.39 is 11.7 Å². The molecular weight excluding hydrogens is 397 g/mol. The summed E-state index contributed by atoms with van der Waals surface area (Å²) in [6.07, 6.45) is -4.33. The highest BCUT2D eigenvalue weighted by Crippen LogP contribution is 2.34. The number of methoxy groups -OCH3 is 2. The van der Waals surface area contributed by atoms with Gasteiger partial charge in [0.2, 0.25) is 5.89 Å². The van der Waals surface area contributed by atoms with Crippen molar-refractivity contribution in [2.45, 2.75) is 26.2 Å². The summed E-state index contributed by atoms with van der Waals surface area (Å²) in [5.74, 6) is 2.35. The van der Waals surface area contributed by atoms with Crippen LogP contribution >= 0.6 is 0 Å². The second kappa shape index (κ2) is 8.79. The Morgan fingerprint density at radius 3 is 2.30 bits per heavy atom. The van der Waals surface area contributed by atoms with Gasteiger partial charge in [0.05, 0.1) is 31.0 Å². The van der Waals surface area contributed by atoms with E-state index in [-0.39, 0.29) is 0 Å². The van der Waals surface area contributed by atoms with Crippen LogP contribution in [0.4, 0.5) is 13.2 Å². The zero-order valence-corrected chi connectivity index (χ0v) is 17.2. The molecule has 0 bridgehead atoms. The first-order valence-electron chi connectivity index (χ1n) is 9.24. The van der Waals surface area contributed by atoms with E-state index in [1.165, 1.54) is 12.1 Å². The minimum Gasteiger partial charge on any atom is -0.497 e. The van der Waals surface area contributed by atoms with Crippen LogP contribution < -0.4 is 9.47 Å². The van der Waals surface area contributed by atoms with Gasteiger partial charge in [0.15, 0.2) is 0 Å². The van der Waals surface area contributed by atoms with Crippen LogP contribution in [0.1, 0.15) is 22.6 Å². The normalized spacial score (nSPS) is 11.7. The monoisotopic (exact) mass is 420 g/mol. The fourth-order valence-corrected chi connectivity index (χ4v) is 3.09. The summed E-state index contributed by atoms with van der Waals surface area (Å²) in [5, 5.41) is 0. The summed E-state index contributed by atoms with van der Waals surface area (Å²) in [4.78, 5) is 6.56. The SMILES string of the molecule is COc1ccc(-c2nc(CN(C)Cc3ccc(C(F)(F)F)cc3)c(C)o2)c(OC)c1. The second-order valence-electron chi connectivity index (χ2n) is 6.96. The minimum atomic E-state index is -4.33. The lowest BCUT2D eigenvalue weighted by molar-refractivity contribution is -0.137. The largest absolute Gasteiger partial charge is 0.497 e. The number of hydrogen-bond acceptors (Lipinski definition) is 5. The van der Waals surface area contributed by atoms with Gasteiger partial charge >= 0.3 is 6.18 Å². The molecule has 1 aromatic heterocycles. The third-order valence-electron chi connectivity index (χ3n) is 4.69. The molecule has 3 rings (SSSR count). The molecule has 0 aliphatic rings. The summed E-state index contributed by atoms with van der Waals surface area (Å²) >= 11 is 0. The van der Waals surface area contributed by atoms with Crippen LogP contribution in [0.2, 0.25) is 0 Å². The van der Waals surface area contributed by atoms with Crippen molar-refractivity contribution in [1.29, 1.82) is 0 Å². The van der Waals surface area contributed by atoms with Crippen LogP contribution in [0.25, 0.3) is 11.5 Å². The Balaban J connectivity index is 1.73. The van der Waals surface area contributed by atoms with E-state index in [4.69, 9.17) is 13.9 Å². The Morgan fingerprint density at radius 2 is 1.70 bits per heavy atom. The molecular formula is C22H23F3N2O3. The molecule has 1 heterocycles. The Bertz CT molecular complexity index is 998. The van der Waals surface area contributed by atoms with Crippen LogP contribution in [0.3, 0.4) is 0 Å². The minimum absolute atomic E-state index is 0.435. The average Bonchev–Trinajstić information content (AvgIpc) is 3.07. The molecule has 8 heteroatoms. The third kappa shape index (κ3) is 4.94. The van der Waals surface area contributed by atoms with E-state index in [2.05, 4.69) is 4.98 Å². The maximum atomic E-state index is 12.7. The number of hydrogen-bond donors (Lipinski definition) is 0. The maximum Gasteiger partial charge on any atom is 0.416 e. The van der Waals surface area contributed by atoms with Gasteiger partial charge in [0, 0.05) is 19.2 Å². The number of alkyl halides is 3. The molecule has 0 saturated heterocycles. The number of aromatic nitrogens is 1. The second-order valence-corrected chi connectivity index (χ2v) is 6.96. The topological polar surface area (TPSA) is 47.7 Å². The van der Waals surface area contributed by atoms with Gasteiger partial charge in [-0.25, -0.2) is 4.98 Å². The summed E-state index contributed by atoms with van der Waals surface area (Å²) in [6, 6.07) is 10.5. The van der Waals surface area contributed by atoms with Crippen molar-refractivity contribution >= 4 is 0 Å². The number of halogens is 3. The van der Waals surface area contributed by atoms with E-state index in [1.54, 1.807) is 26.4 Å². The molecule has 0 N–H and O–H groups in total. The smallest absolute Gasteiger partial charge is 0.416 e. The van der Waals surface area contributed by atoms with E-state index in [0.717, 1.165) is 23.4 Å². The van der Waals surface area contributed by atoms with Gasteiger partial charge in [-0.2, -0.15) is 13.2 Å². The zero-order chi connectivity index (χ0) is 21.9. The Labute approximate surface area is 173 Å². The van der Waals surface area contributed by atoms with E-state index in [1.807, 2.05) is 24.9 Å². The Morgan fingerprint density at radius 1 is 1.00 bits per heavy atom. The highest BCUT2D eigenvalue weighted by molar-refractivity contribution is 5.65. The molecule has 0 spiro atoms. The van der Waals surface area contributed by atoms with Crippen molar-refractivity contribution in [3.05, 3.63) is 65.0 Å². The molecule has 0 saturated carbocycles. The summed E-state index contributed by atoms with van der Waals surface area (Å²) < 4.78 is 54.6. The lowest BCUT2D eigenvalue weighted by Crippen LogP contribution is -2.18. The zero-order valence-electron chi connectivity index (χ0n) is 17.2. The first-order valence-corrected chi connectivity index (χ1v) is 9.24. The van der Waals surface area contributed by atoms with Crippen LogP contribution in [0.5, 0.6) is 11.5 Å². The Kier molecular flexibility index (Phi) is 6.36. The molecule has 0 amide bonds. The fourth-order valence-electron chi connectivity index (χ4n) is 3.09. The molecule has 30 heavy (non-hydrogen) atoms. The number of aryl methyl sites for hydroxylation is 1. The molecule has 0 fully saturated rings. The first-order chi connectivity index (χ1) is 14.2. The number of rotatable bonds is 7. The van der Waals surface area contributed by atoms with Crippen molar-refractivity contribution in [2.24, 2.45) is 0 Å². The molecule has 0 unspecified atom stereocenters. The van der Waals surface area contributed by atoms with Crippen molar-refractivity contribution < 1.29 is 27.1 Å². The van der Waals surface area contributed by atoms with Crippen LogP contribution in [0, 0.1) is 6.92 Å². The first kappa shape index (κ1) is 21.7. The lowest BCUT2D eigenvalue weighted by Gasteiger charge is -2.16. The van der Waals surface area contributed by atoms with Crippen molar-refractivity contribution in [3.8, 4) is 23.0 Å². The molecule has 2 aromatic carbocycles. The number of benzene rings is 2. The van der Waals surface area contributed by atoms with Gasteiger partial charge in [0.1, 0.15) is 17.3 Å². The summed E-state index contributed by atoms with van der Waals surface area (Å²) in [5.41, 5.74) is 1.58. The van der Waals surface area contributed by atoms with Crippen molar-refractivity contribution in [2.75, 3.05) is 21.3 Å². The lowest BCUT2D eigenvalue weighted by atomic mass is 10.1. The van der Waals surface area contributed by atoms with Gasteiger partial charge in [-0.05, 0) is 43.8 Å². The van der Waals surface area contributed by atoms with Crippen molar-refractivity contribution in [3.63, 3.8) is 0 Å². The Hall–Kier alpha value is -3.00. The number of ether oxygens (including phenoxy) is 2. The third-order valence-corrected chi connectivity index (χ3v) is 4.69. The van der Waals surface area contributed by atoms with Gasteiger partial charge in [-0.15, -0.1) is 0 Å². The predicted molar refractivity (Wildman–Crippen MR) is 106 cm³/mol. The number of nitrogens with zero attached hydrogens (tertiary/aromatic N) is 2. The standard InChI is InChI=1S/C22H23F3N2O3/c1-14-19(13-27(2)12-15-5-7-16(8-6-15)22(23,24)25)26-21(30-14)18-10-9-17(28-3)11-20(18)29-4/h5-11H,12-13H2,1-4H3. The molecule has 0 aliphatic carbocycles. The maximum absolute atomic E-state index is 12.7. The quantitative estimate of drug-likeness (QED) is 0.518. The van der Waals surface area contributed by atoms with E-state index >= 15 is 0 Å². The molecule has 0 atom stereocenters. The van der Waals surface area contributed by atoms with Crippen molar-refractivity contribution in [1.82, 2.24) is 9.88 Å². The molecule has 5 nitrogen and oxygen atoms in total. The van der Waals surface area contributed by atoms with E-state index in [0.29, 0.717) is 41.8 Å². The average molecular weight is 420 g/mol. The van der Waals surface area contributed by atoms with Crippen LogP contribution in [-0.2, 0) is 19.3 Å². The highest BCUT2D eigenvalue weighted by Gasteiger charge is 2.30. The summed E-state index contributed by atoms with van der Waals surface area (Å²) in [6.45, 7) is 2.79. The van der Waals surface area contributed by atoms with E-state index in [9.17, 15) is 13.2 Å². The van der Waals surface area contributed by atoms with Gasteiger partial charge in [-0.1, -0.05) is 12.1 Å². The van der Waals surface area contributed by atoms with Gasteiger partial charge < -0.3 is 13.9 Å². The molecule has 0 radical (unpaired) electrons. The molecule has 0 aliphatic heterocycles. The molecule has 160 valence electrons. The fraction of sp³-hybridized carbons (Fsp3) is 0.318. The molecule has 3 aromatic rings. The predicted octanol–water partition coefficient (Wildman–Crippen LogP) is 5.32. The van der Waals surface area contributed by atoms with Gasteiger partial charge in [-0.3, -0.25) is 4.90 Å². The summed E-state index contributed by atoms with van der Waals surface area (Å²) in [7, 11) is 5.01.